The maximum Gasteiger partial charge on any atom is 0.0845 e. The van der Waals surface area contributed by atoms with E-state index in [0.29, 0.717) is 13.1 Å². The smallest absolute Gasteiger partial charge is 0.0845 e. The summed E-state index contributed by atoms with van der Waals surface area (Å²) in [6, 6.07) is 30.2. The number of hydrogen-bond donors (Lipinski definition) is 1. The van der Waals surface area contributed by atoms with Gasteiger partial charge in [0.25, 0.3) is 0 Å². The summed E-state index contributed by atoms with van der Waals surface area (Å²) in [4.78, 5) is 4.98. The molecule has 1 atom stereocenters. The van der Waals surface area contributed by atoms with Crippen LogP contribution in [0.15, 0.2) is 84.9 Å². The van der Waals surface area contributed by atoms with E-state index in [1.807, 2.05) is 0 Å². The third-order valence-electron chi connectivity index (χ3n) is 7.66. The molecule has 1 saturated heterocycles. The van der Waals surface area contributed by atoms with Crippen LogP contribution in [-0.4, -0.2) is 58.3 Å². The lowest BCUT2D eigenvalue weighted by Gasteiger charge is -2.36. The largest absolute Gasteiger partial charge is 0.390 e. The fraction of sp³-hybridized carbons (Fsp3) is 0.290. The van der Waals surface area contributed by atoms with Crippen molar-refractivity contribution in [3.05, 3.63) is 96.1 Å². The predicted octanol–water partition coefficient (Wildman–Crippen LogP) is 5.43. The molecule has 0 bridgehead atoms. The van der Waals surface area contributed by atoms with E-state index < -0.39 is 6.10 Å². The zero-order valence-electron chi connectivity index (χ0n) is 20.4. The Morgan fingerprint density at radius 3 is 1.91 bits per heavy atom. The van der Waals surface area contributed by atoms with Gasteiger partial charge in [0, 0.05) is 61.1 Å². The molecule has 0 radical (unpaired) electrons. The summed E-state index contributed by atoms with van der Waals surface area (Å²) in [5.74, 6) is 0. The topological polar surface area (TPSA) is 31.6 Å². The molecular weight excluding hydrogens is 430 g/mol. The number of fused-ring (bicyclic) bond motifs is 4. The Morgan fingerprint density at radius 2 is 1.23 bits per heavy atom. The van der Waals surface area contributed by atoms with Gasteiger partial charge in [-0.2, -0.15) is 0 Å². The molecule has 5 aromatic rings. The number of aliphatic hydroxyl groups excluding tert-OH is 1. The van der Waals surface area contributed by atoms with E-state index in [4.69, 9.17) is 0 Å². The van der Waals surface area contributed by atoms with Crippen LogP contribution in [-0.2, 0) is 13.1 Å². The van der Waals surface area contributed by atoms with E-state index in [0.717, 1.165) is 32.7 Å². The molecule has 4 nitrogen and oxygen atoms in total. The van der Waals surface area contributed by atoms with Crippen LogP contribution in [0.25, 0.3) is 32.6 Å². The first-order valence-corrected chi connectivity index (χ1v) is 12.7. The second-order valence-electron chi connectivity index (χ2n) is 9.96. The first-order chi connectivity index (χ1) is 17.2. The number of aliphatic hydroxyl groups is 1. The Morgan fingerprint density at radius 1 is 0.657 bits per heavy atom. The number of hydrogen-bond acceptors (Lipinski definition) is 3. The van der Waals surface area contributed by atoms with Crippen LogP contribution in [0.5, 0.6) is 0 Å². The molecule has 4 aromatic carbocycles. The average Bonchev–Trinajstić information content (AvgIpc) is 3.20. The van der Waals surface area contributed by atoms with Gasteiger partial charge in [0.2, 0.25) is 0 Å². The fourth-order valence-electron chi connectivity index (χ4n) is 5.77. The number of aromatic nitrogens is 1. The van der Waals surface area contributed by atoms with Gasteiger partial charge in [-0.1, -0.05) is 72.8 Å². The van der Waals surface area contributed by atoms with Gasteiger partial charge in [-0.25, -0.2) is 0 Å². The van der Waals surface area contributed by atoms with Crippen molar-refractivity contribution in [2.24, 2.45) is 0 Å². The third kappa shape index (κ3) is 4.34. The molecule has 1 unspecified atom stereocenters. The van der Waals surface area contributed by atoms with E-state index in [9.17, 15) is 5.11 Å². The lowest BCUT2D eigenvalue weighted by Crippen LogP contribution is -2.48. The summed E-state index contributed by atoms with van der Waals surface area (Å²) in [5, 5.41) is 16.3. The minimum atomic E-state index is -0.402. The van der Waals surface area contributed by atoms with Crippen molar-refractivity contribution in [2.75, 3.05) is 32.7 Å². The molecule has 1 aromatic heterocycles. The summed E-state index contributed by atoms with van der Waals surface area (Å²) < 4.78 is 2.29. The lowest BCUT2D eigenvalue weighted by molar-refractivity contribution is 0.0634. The van der Waals surface area contributed by atoms with Crippen LogP contribution < -0.4 is 0 Å². The highest BCUT2D eigenvalue weighted by Gasteiger charge is 2.21. The van der Waals surface area contributed by atoms with Crippen LogP contribution >= 0.6 is 0 Å². The van der Waals surface area contributed by atoms with E-state index in [1.54, 1.807) is 0 Å². The molecule has 4 heteroatoms. The van der Waals surface area contributed by atoms with E-state index >= 15 is 0 Å². The van der Waals surface area contributed by atoms with Crippen molar-refractivity contribution in [3.63, 3.8) is 0 Å². The van der Waals surface area contributed by atoms with Crippen LogP contribution in [0.3, 0.4) is 0 Å². The van der Waals surface area contributed by atoms with Gasteiger partial charge >= 0.3 is 0 Å². The van der Waals surface area contributed by atoms with Gasteiger partial charge in [-0.05, 0) is 41.0 Å². The molecule has 178 valence electrons. The molecule has 2 heterocycles. The Balaban J connectivity index is 1.11. The van der Waals surface area contributed by atoms with Crippen molar-refractivity contribution in [1.82, 2.24) is 14.4 Å². The molecule has 35 heavy (non-hydrogen) atoms. The second kappa shape index (κ2) is 9.46. The molecule has 1 aliphatic heterocycles. The second-order valence-corrected chi connectivity index (χ2v) is 9.96. The van der Waals surface area contributed by atoms with Crippen LogP contribution in [0, 0.1) is 6.92 Å². The SMILES string of the molecule is Cc1ccc2ccccc2c1CN1CCN(CC(O)Cn2c3ccccc3c3ccccc32)CC1. The van der Waals surface area contributed by atoms with Gasteiger partial charge < -0.3 is 9.67 Å². The third-order valence-corrected chi connectivity index (χ3v) is 7.66. The van der Waals surface area contributed by atoms with Crippen molar-refractivity contribution >= 4 is 32.6 Å². The zero-order chi connectivity index (χ0) is 23.8. The van der Waals surface area contributed by atoms with Crippen LogP contribution in [0.2, 0.25) is 0 Å². The number of piperazine rings is 1. The normalized spacial score (nSPS) is 16.4. The van der Waals surface area contributed by atoms with Crippen LogP contribution in [0.4, 0.5) is 0 Å². The minimum absolute atomic E-state index is 0.402. The molecule has 6 rings (SSSR count). The number of benzene rings is 4. The minimum Gasteiger partial charge on any atom is -0.390 e. The summed E-state index contributed by atoms with van der Waals surface area (Å²) in [5.41, 5.74) is 5.21. The molecule has 0 spiro atoms. The molecule has 1 N–H and O–H groups in total. The molecule has 1 aliphatic rings. The van der Waals surface area contributed by atoms with Crippen molar-refractivity contribution in [3.8, 4) is 0 Å². The monoisotopic (exact) mass is 463 g/mol. The molecule has 0 amide bonds. The van der Waals surface area contributed by atoms with E-state index in [-0.39, 0.29) is 0 Å². The Hall–Kier alpha value is -3.18. The molecular formula is C31H33N3O. The lowest BCUT2D eigenvalue weighted by atomic mass is 9.99. The number of nitrogens with zero attached hydrogens (tertiary/aromatic N) is 3. The first kappa shape index (κ1) is 22.3. The van der Waals surface area contributed by atoms with Gasteiger partial charge in [-0.3, -0.25) is 9.80 Å². The summed E-state index contributed by atoms with van der Waals surface area (Å²) in [6.45, 7) is 8.59. The van der Waals surface area contributed by atoms with Gasteiger partial charge in [0.05, 0.1) is 12.6 Å². The molecule has 1 fully saturated rings. The van der Waals surface area contributed by atoms with Gasteiger partial charge in [0.15, 0.2) is 0 Å². The number of para-hydroxylation sites is 2. The summed E-state index contributed by atoms with van der Waals surface area (Å²) in [6.07, 6.45) is -0.402. The van der Waals surface area contributed by atoms with Gasteiger partial charge in [0.1, 0.15) is 0 Å². The molecule has 0 aliphatic carbocycles. The van der Waals surface area contributed by atoms with E-state index in [2.05, 4.69) is 106 Å². The quantitative estimate of drug-likeness (QED) is 0.364. The van der Waals surface area contributed by atoms with Crippen molar-refractivity contribution < 1.29 is 5.11 Å². The summed E-state index contributed by atoms with van der Waals surface area (Å²) in [7, 11) is 0. The zero-order valence-corrected chi connectivity index (χ0v) is 20.4. The fourth-order valence-corrected chi connectivity index (χ4v) is 5.77. The Kier molecular flexibility index (Phi) is 6.03. The highest BCUT2D eigenvalue weighted by Crippen LogP contribution is 2.29. The van der Waals surface area contributed by atoms with Gasteiger partial charge in [-0.15, -0.1) is 0 Å². The van der Waals surface area contributed by atoms with Crippen molar-refractivity contribution in [1.29, 1.82) is 0 Å². The number of aryl methyl sites for hydroxylation is 1. The van der Waals surface area contributed by atoms with E-state index in [1.165, 1.54) is 43.7 Å². The maximum absolute atomic E-state index is 11.1. The predicted molar refractivity (Wildman–Crippen MR) is 146 cm³/mol. The maximum atomic E-state index is 11.1. The number of rotatable bonds is 6. The first-order valence-electron chi connectivity index (χ1n) is 12.7. The number of β-amino-alcohol motifs (C(OH)–C–C–N with tert-alkyl or cyclic N) is 1. The molecule has 0 saturated carbocycles. The highest BCUT2D eigenvalue weighted by atomic mass is 16.3. The summed E-state index contributed by atoms with van der Waals surface area (Å²) >= 11 is 0. The Bertz CT molecular complexity index is 1430. The highest BCUT2D eigenvalue weighted by molar-refractivity contribution is 6.07. The standard InChI is InChI=1S/C31H33N3O/c1-23-14-15-24-8-2-3-9-26(24)29(23)22-33-18-16-32(17-19-33)20-25(35)21-34-30-12-6-4-10-27(30)28-11-5-7-13-31(28)34/h2-15,25,35H,16-22H2,1H3. The van der Waals surface area contributed by atoms with Crippen LogP contribution in [0.1, 0.15) is 11.1 Å². The van der Waals surface area contributed by atoms with Crippen molar-refractivity contribution in [2.45, 2.75) is 26.1 Å². The Labute approximate surface area is 207 Å². The average molecular weight is 464 g/mol.